The van der Waals surface area contributed by atoms with E-state index in [1.54, 1.807) is 32.4 Å². The molecule has 1 amide bonds. The molecule has 0 fully saturated rings. The second kappa shape index (κ2) is 8.76. The number of methoxy groups -OCH3 is 2. The fourth-order valence-corrected chi connectivity index (χ4v) is 2.65. The van der Waals surface area contributed by atoms with Gasteiger partial charge in [-0.3, -0.25) is 4.79 Å². The molecule has 0 heterocycles. The van der Waals surface area contributed by atoms with Gasteiger partial charge < -0.3 is 20.1 Å². The minimum atomic E-state index is -0.170. The van der Waals surface area contributed by atoms with Gasteiger partial charge in [-0.25, -0.2) is 0 Å². The van der Waals surface area contributed by atoms with E-state index in [9.17, 15) is 4.79 Å². The fourth-order valence-electron chi connectivity index (χ4n) is 2.65. The molecule has 27 heavy (non-hydrogen) atoms. The molecule has 0 aliphatic heterocycles. The number of carbonyl (C=O) groups is 1. The molecule has 0 aliphatic carbocycles. The number of nitrogens with one attached hydrogen (secondary N) is 2. The van der Waals surface area contributed by atoms with Crippen molar-refractivity contribution in [1.82, 2.24) is 0 Å². The minimum Gasteiger partial charge on any atom is -0.497 e. The van der Waals surface area contributed by atoms with E-state index >= 15 is 0 Å². The van der Waals surface area contributed by atoms with Gasteiger partial charge in [-0.2, -0.15) is 0 Å². The van der Waals surface area contributed by atoms with Crippen molar-refractivity contribution in [3.8, 4) is 11.5 Å². The zero-order chi connectivity index (χ0) is 19.1. The van der Waals surface area contributed by atoms with Crippen LogP contribution in [0.5, 0.6) is 11.5 Å². The molecule has 138 valence electrons. The van der Waals surface area contributed by atoms with E-state index in [4.69, 9.17) is 9.47 Å². The molecular weight excluding hydrogens is 340 g/mol. The normalized spacial score (nSPS) is 10.1. The number of anilines is 2. The molecule has 0 unspecified atom stereocenters. The number of hydrogen-bond acceptors (Lipinski definition) is 4. The Morgan fingerprint density at radius 1 is 0.889 bits per heavy atom. The number of hydrogen-bond donors (Lipinski definition) is 2. The van der Waals surface area contributed by atoms with Crippen molar-refractivity contribution < 1.29 is 14.3 Å². The van der Waals surface area contributed by atoms with E-state index < -0.39 is 0 Å². The maximum atomic E-state index is 12.5. The summed E-state index contributed by atoms with van der Waals surface area (Å²) in [5.74, 6) is 1.33. The molecule has 3 rings (SSSR count). The summed E-state index contributed by atoms with van der Waals surface area (Å²) in [6, 6.07) is 22.5. The summed E-state index contributed by atoms with van der Waals surface area (Å²) in [4.78, 5) is 12.5. The van der Waals surface area contributed by atoms with Gasteiger partial charge in [0.05, 0.1) is 19.9 Å². The summed E-state index contributed by atoms with van der Waals surface area (Å²) in [6.45, 7) is 0.601. The van der Waals surface area contributed by atoms with Crippen LogP contribution < -0.4 is 20.1 Å². The Kier molecular flexibility index (Phi) is 5.94. The monoisotopic (exact) mass is 362 g/mol. The van der Waals surface area contributed by atoms with E-state index in [-0.39, 0.29) is 5.91 Å². The third kappa shape index (κ3) is 4.79. The summed E-state index contributed by atoms with van der Waals surface area (Å²) < 4.78 is 10.6. The van der Waals surface area contributed by atoms with Gasteiger partial charge in [-0.05, 0) is 48.0 Å². The second-order valence-electron chi connectivity index (χ2n) is 5.94. The van der Waals surface area contributed by atoms with E-state index in [1.807, 2.05) is 54.6 Å². The van der Waals surface area contributed by atoms with E-state index in [2.05, 4.69) is 10.6 Å². The summed E-state index contributed by atoms with van der Waals surface area (Å²) in [6.07, 6.45) is 0. The van der Waals surface area contributed by atoms with Crippen LogP contribution in [0.2, 0.25) is 0 Å². The van der Waals surface area contributed by atoms with E-state index in [0.717, 1.165) is 22.7 Å². The quantitative estimate of drug-likeness (QED) is 0.646. The van der Waals surface area contributed by atoms with Gasteiger partial charge in [-0.1, -0.05) is 30.3 Å². The summed E-state index contributed by atoms with van der Waals surface area (Å²) in [5.41, 5.74) is 3.16. The van der Waals surface area contributed by atoms with Crippen LogP contribution in [0.3, 0.4) is 0 Å². The number of carbonyl (C=O) groups excluding carboxylic acids is 1. The van der Waals surface area contributed by atoms with Gasteiger partial charge in [0.15, 0.2) is 0 Å². The molecule has 5 heteroatoms. The highest BCUT2D eigenvalue weighted by atomic mass is 16.5. The van der Waals surface area contributed by atoms with Crippen molar-refractivity contribution in [2.75, 3.05) is 24.9 Å². The van der Waals surface area contributed by atoms with Crippen LogP contribution in [0.1, 0.15) is 15.9 Å². The molecule has 0 atom stereocenters. The van der Waals surface area contributed by atoms with Crippen LogP contribution in [0.15, 0.2) is 72.8 Å². The largest absolute Gasteiger partial charge is 0.497 e. The van der Waals surface area contributed by atoms with Crippen LogP contribution in [0.25, 0.3) is 0 Å². The Balaban J connectivity index is 1.73. The van der Waals surface area contributed by atoms with Crippen molar-refractivity contribution in [3.63, 3.8) is 0 Å². The van der Waals surface area contributed by atoms with Crippen LogP contribution >= 0.6 is 0 Å². The van der Waals surface area contributed by atoms with Crippen LogP contribution in [0.4, 0.5) is 11.4 Å². The van der Waals surface area contributed by atoms with Crippen molar-refractivity contribution >= 4 is 17.3 Å². The molecule has 0 radical (unpaired) electrons. The van der Waals surface area contributed by atoms with E-state index in [0.29, 0.717) is 17.9 Å². The van der Waals surface area contributed by atoms with Crippen LogP contribution in [0, 0.1) is 0 Å². The standard InChI is InChI=1S/C22H22N2O3/c1-26-19-11-8-16(9-12-19)15-23-20-14-17(10-13-21(20)27-2)22(25)24-18-6-4-3-5-7-18/h3-14,23H,15H2,1-2H3,(H,24,25). The summed E-state index contributed by atoms with van der Waals surface area (Å²) in [5, 5.41) is 6.22. The van der Waals surface area contributed by atoms with Gasteiger partial charge in [0.25, 0.3) is 5.91 Å². The SMILES string of the molecule is COc1ccc(CNc2cc(C(=O)Nc3ccccc3)ccc2OC)cc1. The van der Waals surface area contributed by atoms with Crippen molar-refractivity contribution in [2.24, 2.45) is 0 Å². The Bertz CT molecular complexity index is 893. The molecular formula is C22H22N2O3. The predicted octanol–water partition coefficient (Wildman–Crippen LogP) is 4.57. The molecule has 0 saturated carbocycles. The van der Waals surface area contributed by atoms with E-state index in [1.165, 1.54) is 0 Å². The Labute approximate surface area is 158 Å². The highest BCUT2D eigenvalue weighted by Gasteiger charge is 2.11. The zero-order valence-corrected chi connectivity index (χ0v) is 15.4. The Hall–Kier alpha value is -3.47. The summed E-state index contributed by atoms with van der Waals surface area (Å²) in [7, 11) is 3.25. The molecule has 0 bridgehead atoms. The number of para-hydroxylation sites is 1. The van der Waals surface area contributed by atoms with Gasteiger partial charge in [0.2, 0.25) is 0 Å². The highest BCUT2D eigenvalue weighted by Crippen LogP contribution is 2.27. The van der Waals surface area contributed by atoms with Gasteiger partial charge in [0.1, 0.15) is 11.5 Å². The Morgan fingerprint density at radius 2 is 1.63 bits per heavy atom. The fraction of sp³-hybridized carbons (Fsp3) is 0.136. The lowest BCUT2D eigenvalue weighted by Gasteiger charge is -2.13. The zero-order valence-electron chi connectivity index (χ0n) is 15.4. The van der Waals surface area contributed by atoms with Gasteiger partial charge >= 0.3 is 0 Å². The summed E-state index contributed by atoms with van der Waals surface area (Å²) >= 11 is 0. The first-order chi connectivity index (χ1) is 13.2. The average molecular weight is 362 g/mol. The smallest absolute Gasteiger partial charge is 0.255 e. The third-order valence-corrected chi connectivity index (χ3v) is 4.14. The maximum Gasteiger partial charge on any atom is 0.255 e. The molecule has 2 N–H and O–H groups in total. The lowest BCUT2D eigenvalue weighted by atomic mass is 10.1. The molecule has 5 nitrogen and oxygen atoms in total. The minimum absolute atomic E-state index is 0.170. The number of benzene rings is 3. The van der Waals surface area contributed by atoms with Crippen molar-refractivity contribution in [2.45, 2.75) is 6.54 Å². The topological polar surface area (TPSA) is 59.6 Å². The molecule has 0 spiro atoms. The molecule has 0 aromatic heterocycles. The number of amides is 1. The average Bonchev–Trinajstić information content (AvgIpc) is 2.73. The first kappa shape index (κ1) is 18.3. The third-order valence-electron chi connectivity index (χ3n) is 4.14. The van der Waals surface area contributed by atoms with Gasteiger partial charge in [0, 0.05) is 17.8 Å². The first-order valence-electron chi connectivity index (χ1n) is 8.61. The molecule has 0 saturated heterocycles. The van der Waals surface area contributed by atoms with Crippen LogP contribution in [-0.2, 0) is 6.54 Å². The van der Waals surface area contributed by atoms with Crippen LogP contribution in [-0.4, -0.2) is 20.1 Å². The maximum absolute atomic E-state index is 12.5. The highest BCUT2D eigenvalue weighted by molar-refractivity contribution is 6.05. The van der Waals surface area contributed by atoms with Crippen molar-refractivity contribution in [1.29, 1.82) is 0 Å². The molecule has 0 aliphatic rings. The first-order valence-corrected chi connectivity index (χ1v) is 8.61. The number of rotatable bonds is 7. The Morgan fingerprint density at radius 3 is 2.30 bits per heavy atom. The van der Waals surface area contributed by atoms with Gasteiger partial charge in [-0.15, -0.1) is 0 Å². The lowest BCUT2D eigenvalue weighted by molar-refractivity contribution is 0.102. The number of ether oxygens (including phenoxy) is 2. The predicted molar refractivity (Wildman–Crippen MR) is 108 cm³/mol. The molecule has 3 aromatic rings. The lowest BCUT2D eigenvalue weighted by Crippen LogP contribution is -2.12. The molecule has 3 aromatic carbocycles. The second-order valence-corrected chi connectivity index (χ2v) is 5.94. The van der Waals surface area contributed by atoms with Crippen molar-refractivity contribution in [3.05, 3.63) is 83.9 Å².